The molecule has 0 aliphatic carbocycles. The van der Waals surface area contributed by atoms with Crippen LogP contribution in [0.5, 0.6) is 0 Å². The number of nitrogen functional groups attached to an aromatic ring is 1. The van der Waals surface area contributed by atoms with Gasteiger partial charge in [-0.25, -0.2) is 0 Å². The lowest BCUT2D eigenvalue weighted by Gasteiger charge is -2.20. The minimum Gasteiger partial charge on any atom is -0.465 e. The van der Waals surface area contributed by atoms with Crippen molar-refractivity contribution >= 4 is 17.6 Å². The van der Waals surface area contributed by atoms with Gasteiger partial charge in [0.05, 0.1) is 23.7 Å². The molecule has 7 heteroatoms. The molecule has 0 radical (unpaired) electrons. The molecular formula is C13H22N4O3. The number of hydrogen-bond acceptors (Lipinski definition) is 5. The lowest BCUT2D eigenvalue weighted by Crippen LogP contribution is -2.38. The van der Waals surface area contributed by atoms with E-state index in [1.54, 1.807) is 18.5 Å². The highest BCUT2D eigenvalue weighted by molar-refractivity contribution is 5.82. The third kappa shape index (κ3) is 3.72. The van der Waals surface area contributed by atoms with Crippen LogP contribution < -0.4 is 5.73 Å². The van der Waals surface area contributed by atoms with Crippen LogP contribution in [-0.4, -0.2) is 46.3 Å². The molecule has 2 N–H and O–H groups in total. The first kappa shape index (κ1) is 16.0. The van der Waals surface area contributed by atoms with Crippen LogP contribution in [-0.2, 0) is 20.9 Å². The van der Waals surface area contributed by atoms with Gasteiger partial charge in [-0.2, -0.15) is 5.10 Å². The monoisotopic (exact) mass is 282 g/mol. The Labute approximate surface area is 118 Å². The summed E-state index contributed by atoms with van der Waals surface area (Å²) in [6, 6.07) is 0. The van der Waals surface area contributed by atoms with E-state index >= 15 is 0 Å². The van der Waals surface area contributed by atoms with E-state index in [0.717, 1.165) is 5.69 Å². The quantitative estimate of drug-likeness (QED) is 0.767. The van der Waals surface area contributed by atoms with Crippen LogP contribution in [0.1, 0.15) is 25.2 Å². The molecule has 1 aromatic heterocycles. The molecule has 1 rings (SSSR count). The van der Waals surface area contributed by atoms with Crippen molar-refractivity contribution < 1.29 is 14.3 Å². The number of anilines is 1. The maximum absolute atomic E-state index is 12.2. The van der Waals surface area contributed by atoms with E-state index in [9.17, 15) is 9.59 Å². The molecular weight excluding hydrogens is 260 g/mol. The lowest BCUT2D eigenvalue weighted by atomic mass is 10.3. The standard InChI is InChI=1S/C13H22N4O3/c1-5-16(8-12(19)20-6-2)11(18)7-17-10(4)13(14)9(3)15-17/h5-8,14H2,1-4H3. The van der Waals surface area contributed by atoms with Crippen LogP contribution in [0.25, 0.3) is 0 Å². The number of carbonyl (C=O) groups excluding carboxylic acids is 2. The van der Waals surface area contributed by atoms with Gasteiger partial charge in [-0.15, -0.1) is 0 Å². The number of carbonyl (C=O) groups is 2. The zero-order chi connectivity index (χ0) is 15.3. The smallest absolute Gasteiger partial charge is 0.325 e. The second-order valence-corrected chi connectivity index (χ2v) is 4.46. The predicted octanol–water partition coefficient (Wildman–Crippen LogP) is 0.494. The Morgan fingerprint density at radius 2 is 2.00 bits per heavy atom. The molecule has 0 aliphatic heterocycles. The van der Waals surface area contributed by atoms with Gasteiger partial charge in [0.25, 0.3) is 0 Å². The van der Waals surface area contributed by atoms with E-state index in [2.05, 4.69) is 5.10 Å². The zero-order valence-corrected chi connectivity index (χ0v) is 12.5. The molecule has 0 saturated heterocycles. The Bertz CT molecular complexity index is 496. The molecule has 1 amide bonds. The molecule has 112 valence electrons. The number of nitrogens with two attached hydrogens (primary N) is 1. The first-order valence-electron chi connectivity index (χ1n) is 6.63. The minimum absolute atomic E-state index is 0.0437. The van der Waals surface area contributed by atoms with Gasteiger partial charge in [-0.1, -0.05) is 0 Å². The predicted molar refractivity (Wildman–Crippen MR) is 75.0 cm³/mol. The summed E-state index contributed by atoms with van der Waals surface area (Å²) in [6.45, 7) is 7.91. The third-order valence-electron chi connectivity index (χ3n) is 3.08. The molecule has 0 atom stereocenters. The number of hydrogen-bond donors (Lipinski definition) is 1. The Morgan fingerprint density at radius 3 is 2.45 bits per heavy atom. The fraction of sp³-hybridized carbons (Fsp3) is 0.615. The highest BCUT2D eigenvalue weighted by Crippen LogP contribution is 2.14. The van der Waals surface area contributed by atoms with Gasteiger partial charge in [0.1, 0.15) is 13.1 Å². The van der Waals surface area contributed by atoms with Crippen molar-refractivity contribution in [1.29, 1.82) is 0 Å². The second kappa shape index (κ2) is 6.93. The average molecular weight is 282 g/mol. The molecule has 0 saturated carbocycles. The number of esters is 1. The summed E-state index contributed by atoms with van der Waals surface area (Å²) in [5.74, 6) is -0.596. The Morgan fingerprint density at radius 1 is 1.35 bits per heavy atom. The van der Waals surface area contributed by atoms with Crippen molar-refractivity contribution in [2.45, 2.75) is 34.2 Å². The summed E-state index contributed by atoms with van der Waals surface area (Å²) in [5.41, 5.74) is 7.86. The van der Waals surface area contributed by atoms with Crippen molar-refractivity contribution in [2.24, 2.45) is 0 Å². The highest BCUT2D eigenvalue weighted by Gasteiger charge is 2.18. The fourth-order valence-corrected chi connectivity index (χ4v) is 1.83. The van der Waals surface area contributed by atoms with E-state index in [-0.39, 0.29) is 19.0 Å². The van der Waals surface area contributed by atoms with Crippen LogP contribution in [0.15, 0.2) is 0 Å². The number of nitrogens with zero attached hydrogens (tertiary/aromatic N) is 3. The summed E-state index contributed by atoms with van der Waals surface area (Å²) in [5, 5.41) is 4.21. The molecule has 7 nitrogen and oxygen atoms in total. The Balaban J connectivity index is 2.72. The fourth-order valence-electron chi connectivity index (χ4n) is 1.83. The van der Waals surface area contributed by atoms with Gasteiger partial charge >= 0.3 is 5.97 Å². The second-order valence-electron chi connectivity index (χ2n) is 4.46. The topological polar surface area (TPSA) is 90.5 Å². The summed E-state index contributed by atoms with van der Waals surface area (Å²) < 4.78 is 6.40. The van der Waals surface area contributed by atoms with Gasteiger partial charge in [-0.3, -0.25) is 14.3 Å². The Hall–Kier alpha value is -2.05. The number of amides is 1. The van der Waals surface area contributed by atoms with Crippen molar-refractivity contribution in [3.8, 4) is 0 Å². The number of ether oxygens (including phenoxy) is 1. The summed E-state index contributed by atoms with van der Waals surface area (Å²) >= 11 is 0. The lowest BCUT2D eigenvalue weighted by molar-refractivity contribution is -0.149. The molecule has 0 aromatic carbocycles. The maximum Gasteiger partial charge on any atom is 0.325 e. The van der Waals surface area contributed by atoms with Crippen molar-refractivity contribution in [3.63, 3.8) is 0 Å². The molecule has 0 aliphatic rings. The normalized spacial score (nSPS) is 10.4. The van der Waals surface area contributed by atoms with E-state index in [1.807, 2.05) is 13.8 Å². The van der Waals surface area contributed by atoms with Gasteiger partial charge in [0.15, 0.2) is 0 Å². The van der Waals surface area contributed by atoms with Gasteiger partial charge < -0.3 is 15.4 Å². The van der Waals surface area contributed by atoms with E-state index in [0.29, 0.717) is 24.5 Å². The van der Waals surface area contributed by atoms with Crippen LogP contribution in [0, 0.1) is 13.8 Å². The van der Waals surface area contributed by atoms with Crippen LogP contribution in [0.4, 0.5) is 5.69 Å². The zero-order valence-electron chi connectivity index (χ0n) is 12.5. The van der Waals surface area contributed by atoms with Gasteiger partial charge in [0, 0.05) is 6.54 Å². The van der Waals surface area contributed by atoms with Gasteiger partial charge in [-0.05, 0) is 27.7 Å². The largest absolute Gasteiger partial charge is 0.465 e. The SMILES string of the molecule is CCOC(=O)CN(CC)C(=O)Cn1nc(C)c(N)c1C. The average Bonchev–Trinajstić information content (AvgIpc) is 2.64. The van der Waals surface area contributed by atoms with Crippen molar-refractivity contribution in [1.82, 2.24) is 14.7 Å². The number of aryl methyl sites for hydroxylation is 1. The van der Waals surface area contributed by atoms with Crippen LogP contribution in [0.3, 0.4) is 0 Å². The molecule has 20 heavy (non-hydrogen) atoms. The summed E-state index contributed by atoms with van der Waals surface area (Å²) in [4.78, 5) is 25.0. The van der Waals surface area contributed by atoms with Crippen LogP contribution in [0.2, 0.25) is 0 Å². The molecule has 1 heterocycles. The number of rotatable bonds is 6. The maximum atomic E-state index is 12.2. The van der Waals surface area contributed by atoms with Crippen molar-refractivity contribution in [2.75, 3.05) is 25.4 Å². The van der Waals surface area contributed by atoms with Crippen LogP contribution >= 0.6 is 0 Å². The number of likely N-dealkylation sites (N-methyl/N-ethyl adjacent to an activating group) is 1. The van der Waals surface area contributed by atoms with Gasteiger partial charge in [0.2, 0.25) is 5.91 Å². The molecule has 0 spiro atoms. The molecule has 0 bridgehead atoms. The highest BCUT2D eigenvalue weighted by atomic mass is 16.5. The minimum atomic E-state index is -0.407. The first-order valence-corrected chi connectivity index (χ1v) is 6.63. The number of aromatic nitrogens is 2. The van der Waals surface area contributed by atoms with E-state index in [4.69, 9.17) is 10.5 Å². The summed E-state index contributed by atoms with van der Waals surface area (Å²) in [7, 11) is 0. The first-order chi connectivity index (χ1) is 9.40. The van der Waals surface area contributed by atoms with E-state index in [1.165, 1.54) is 4.90 Å². The molecule has 0 unspecified atom stereocenters. The third-order valence-corrected chi connectivity index (χ3v) is 3.08. The molecule has 1 aromatic rings. The van der Waals surface area contributed by atoms with Crippen molar-refractivity contribution in [3.05, 3.63) is 11.4 Å². The van der Waals surface area contributed by atoms with E-state index < -0.39 is 5.97 Å². The molecule has 0 fully saturated rings. The summed E-state index contributed by atoms with van der Waals surface area (Å²) in [6.07, 6.45) is 0. The Kier molecular flexibility index (Phi) is 5.54.